The van der Waals surface area contributed by atoms with Gasteiger partial charge in [0.2, 0.25) is 0 Å². The van der Waals surface area contributed by atoms with Gasteiger partial charge in [-0.1, -0.05) is 49.1 Å². The monoisotopic (exact) mass is 323 g/mol. The topological polar surface area (TPSA) is 46.6 Å². The molecule has 4 heteroatoms. The molecule has 0 saturated heterocycles. The molecule has 0 fully saturated rings. The van der Waals surface area contributed by atoms with Crippen LogP contribution in [0.25, 0.3) is 5.57 Å². The third-order valence-corrected chi connectivity index (χ3v) is 3.71. The van der Waals surface area contributed by atoms with Crippen LogP contribution >= 0.6 is 0 Å². The van der Waals surface area contributed by atoms with Crippen LogP contribution in [-0.2, 0) is 14.4 Å². The lowest BCUT2D eigenvalue weighted by molar-refractivity contribution is -0.121. The summed E-state index contributed by atoms with van der Waals surface area (Å²) >= 11 is 0. The van der Waals surface area contributed by atoms with E-state index >= 15 is 0 Å². The lowest BCUT2D eigenvalue weighted by Gasteiger charge is -2.19. The number of hydrogen-bond donors (Lipinski definition) is 0. The first kappa shape index (κ1) is 17.6. The molecule has 124 valence electrons. The van der Waals surface area contributed by atoms with Crippen molar-refractivity contribution in [3.05, 3.63) is 78.6 Å². The Morgan fingerprint density at radius 3 is 2.62 bits per heavy atom. The average molecular weight is 323 g/mol. The van der Waals surface area contributed by atoms with Crippen LogP contribution in [0.1, 0.15) is 18.4 Å². The molecular formula is C20H21NO3. The number of hydrogen-bond acceptors (Lipinski definition) is 4. The van der Waals surface area contributed by atoms with Gasteiger partial charge in [0.25, 0.3) is 0 Å². The number of ketones is 2. The number of hydroxylamine groups is 2. The standard InChI is InChI=1S/C20H21NO3/c1-3-18(22)15-20(23)19(17-7-5-4-6-8-17)10-9-16-11-13-21(24-2)14-12-16/h3-8,10-13H,1,9,14-15H2,2H3. The molecule has 0 amide bonds. The van der Waals surface area contributed by atoms with Crippen molar-refractivity contribution in [3.8, 4) is 0 Å². The van der Waals surface area contributed by atoms with Crippen LogP contribution in [0.3, 0.4) is 0 Å². The molecule has 0 bridgehead atoms. The van der Waals surface area contributed by atoms with Gasteiger partial charge >= 0.3 is 0 Å². The van der Waals surface area contributed by atoms with E-state index in [1.807, 2.05) is 54.8 Å². The minimum atomic E-state index is -0.269. The zero-order valence-corrected chi connectivity index (χ0v) is 13.8. The zero-order chi connectivity index (χ0) is 17.4. The van der Waals surface area contributed by atoms with Crippen LogP contribution in [-0.4, -0.2) is 30.3 Å². The van der Waals surface area contributed by atoms with Crippen LogP contribution in [0.5, 0.6) is 0 Å². The maximum Gasteiger partial charge on any atom is 0.170 e. The molecule has 1 aromatic carbocycles. The normalized spacial score (nSPS) is 14.3. The van der Waals surface area contributed by atoms with Crippen molar-refractivity contribution in [1.29, 1.82) is 0 Å². The summed E-state index contributed by atoms with van der Waals surface area (Å²) in [7, 11) is 1.62. The molecule has 1 heterocycles. The molecule has 0 N–H and O–H groups in total. The fourth-order valence-electron chi connectivity index (χ4n) is 2.36. The zero-order valence-electron chi connectivity index (χ0n) is 13.8. The first-order valence-electron chi connectivity index (χ1n) is 7.76. The van der Waals surface area contributed by atoms with E-state index in [9.17, 15) is 9.59 Å². The predicted octanol–water partition coefficient (Wildman–Crippen LogP) is 3.49. The Morgan fingerprint density at radius 2 is 2.04 bits per heavy atom. The third kappa shape index (κ3) is 4.89. The predicted molar refractivity (Wildman–Crippen MR) is 94.8 cm³/mol. The summed E-state index contributed by atoms with van der Waals surface area (Å²) in [6.45, 7) is 4.09. The van der Waals surface area contributed by atoms with E-state index in [2.05, 4.69) is 6.58 Å². The Kier molecular flexibility index (Phi) is 6.46. The van der Waals surface area contributed by atoms with E-state index in [1.165, 1.54) is 6.08 Å². The molecule has 0 aliphatic carbocycles. The SMILES string of the molecule is C=CC(=O)CC(=O)C(=CCC1=CCN(OC)C=C1)c1ccccc1. The van der Waals surface area contributed by atoms with Crippen molar-refractivity contribution in [3.63, 3.8) is 0 Å². The second kappa shape index (κ2) is 8.79. The Labute approximate surface area is 142 Å². The highest BCUT2D eigenvalue weighted by molar-refractivity contribution is 6.26. The molecule has 1 aromatic rings. The first-order chi connectivity index (χ1) is 11.6. The van der Waals surface area contributed by atoms with Gasteiger partial charge in [-0.15, -0.1) is 0 Å². The van der Waals surface area contributed by atoms with E-state index in [0.717, 1.165) is 11.1 Å². The highest BCUT2D eigenvalue weighted by Gasteiger charge is 2.14. The lowest BCUT2D eigenvalue weighted by atomic mass is 9.96. The second-order valence-corrected chi connectivity index (χ2v) is 5.34. The summed E-state index contributed by atoms with van der Waals surface area (Å²) in [5, 5.41) is 1.71. The van der Waals surface area contributed by atoms with Crippen LogP contribution in [0.15, 0.2) is 73.0 Å². The Balaban J connectivity index is 2.18. The molecular weight excluding hydrogens is 302 g/mol. The number of rotatable bonds is 8. The fraction of sp³-hybridized carbons (Fsp3) is 0.200. The van der Waals surface area contributed by atoms with E-state index in [0.29, 0.717) is 18.5 Å². The fourth-order valence-corrected chi connectivity index (χ4v) is 2.36. The van der Waals surface area contributed by atoms with Crippen molar-refractivity contribution in [2.45, 2.75) is 12.8 Å². The number of carbonyl (C=O) groups excluding carboxylic acids is 2. The minimum Gasteiger partial charge on any atom is -0.294 e. The number of benzene rings is 1. The van der Waals surface area contributed by atoms with Gasteiger partial charge in [0.15, 0.2) is 11.6 Å². The van der Waals surface area contributed by atoms with Gasteiger partial charge in [-0.05, 0) is 29.7 Å². The van der Waals surface area contributed by atoms with Crippen molar-refractivity contribution in [1.82, 2.24) is 5.06 Å². The van der Waals surface area contributed by atoms with Crippen molar-refractivity contribution in [2.24, 2.45) is 0 Å². The summed E-state index contributed by atoms with van der Waals surface area (Å²) in [6, 6.07) is 9.40. The van der Waals surface area contributed by atoms with E-state index in [4.69, 9.17) is 4.84 Å². The number of carbonyl (C=O) groups is 2. The summed E-state index contributed by atoms with van der Waals surface area (Å²) in [5.41, 5.74) is 2.48. The second-order valence-electron chi connectivity index (χ2n) is 5.34. The van der Waals surface area contributed by atoms with Gasteiger partial charge in [0, 0.05) is 11.8 Å². The molecule has 0 spiro atoms. The largest absolute Gasteiger partial charge is 0.294 e. The smallest absolute Gasteiger partial charge is 0.170 e. The van der Waals surface area contributed by atoms with E-state index in [-0.39, 0.29) is 18.0 Å². The van der Waals surface area contributed by atoms with Gasteiger partial charge in [-0.25, -0.2) is 0 Å². The summed E-state index contributed by atoms with van der Waals surface area (Å²) < 4.78 is 0. The summed E-state index contributed by atoms with van der Waals surface area (Å²) in [6.07, 6.45) is 9.38. The Morgan fingerprint density at radius 1 is 1.29 bits per heavy atom. The quantitative estimate of drug-likeness (QED) is 0.543. The van der Waals surface area contributed by atoms with Crippen LogP contribution in [0.4, 0.5) is 0 Å². The van der Waals surface area contributed by atoms with Gasteiger partial charge < -0.3 is 0 Å². The van der Waals surface area contributed by atoms with Crippen molar-refractivity contribution >= 4 is 17.1 Å². The number of Topliss-reactive ketones (excluding diaryl/α,β-unsaturated/α-hetero) is 1. The van der Waals surface area contributed by atoms with Gasteiger partial charge in [-0.2, -0.15) is 0 Å². The molecule has 0 atom stereocenters. The highest BCUT2D eigenvalue weighted by atomic mass is 16.7. The maximum absolute atomic E-state index is 12.5. The molecule has 4 nitrogen and oxygen atoms in total. The van der Waals surface area contributed by atoms with Crippen LogP contribution < -0.4 is 0 Å². The molecule has 1 aliphatic heterocycles. The lowest BCUT2D eigenvalue weighted by Crippen LogP contribution is -2.18. The maximum atomic E-state index is 12.5. The van der Waals surface area contributed by atoms with Crippen molar-refractivity contribution in [2.75, 3.05) is 13.7 Å². The molecule has 0 radical (unpaired) electrons. The van der Waals surface area contributed by atoms with Gasteiger partial charge in [-0.3, -0.25) is 19.5 Å². The summed E-state index contributed by atoms with van der Waals surface area (Å²) in [5.74, 6) is -0.459. The van der Waals surface area contributed by atoms with Gasteiger partial charge in [0.05, 0.1) is 20.1 Å². The average Bonchev–Trinajstić information content (AvgIpc) is 2.63. The van der Waals surface area contributed by atoms with E-state index < -0.39 is 0 Å². The van der Waals surface area contributed by atoms with Crippen molar-refractivity contribution < 1.29 is 14.4 Å². The third-order valence-electron chi connectivity index (χ3n) is 3.71. The molecule has 0 unspecified atom stereocenters. The Hall–Kier alpha value is -2.72. The highest BCUT2D eigenvalue weighted by Crippen LogP contribution is 2.21. The molecule has 0 aromatic heterocycles. The van der Waals surface area contributed by atoms with Gasteiger partial charge in [0.1, 0.15) is 0 Å². The minimum absolute atomic E-state index is 0.156. The van der Waals surface area contributed by atoms with Crippen LogP contribution in [0.2, 0.25) is 0 Å². The molecule has 24 heavy (non-hydrogen) atoms. The molecule has 2 rings (SSSR count). The molecule has 0 saturated carbocycles. The van der Waals surface area contributed by atoms with Crippen LogP contribution in [0, 0.1) is 0 Å². The summed E-state index contributed by atoms with van der Waals surface area (Å²) in [4.78, 5) is 29.1. The number of allylic oxidation sites excluding steroid dienone is 5. The van der Waals surface area contributed by atoms with E-state index in [1.54, 1.807) is 12.2 Å². The Bertz CT molecular complexity index is 699. The molecule has 1 aliphatic rings. The first-order valence-corrected chi connectivity index (χ1v) is 7.76. The number of nitrogens with zero attached hydrogens (tertiary/aromatic N) is 1.